The first-order valence-corrected chi connectivity index (χ1v) is 10.9. The molecule has 0 fully saturated rings. The summed E-state index contributed by atoms with van der Waals surface area (Å²) in [6.07, 6.45) is -0.842. The normalized spacial score (nSPS) is 14.5. The van der Waals surface area contributed by atoms with Crippen LogP contribution in [0.25, 0.3) is 0 Å². The highest BCUT2D eigenvalue weighted by atomic mass is 31.2. The molecule has 0 aliphatic carbocycles. The number of non-ortho nitro benzene ring substituents is 1. The van der Waals surface area contributed by atoms with Crippen LogP contribution in [0, 0.1) is 10.1 Å². The number of fused-ring (bicyclic) bond motifs is 1. The van der Waals surface area contributed by atoms with E-state index in [0.717, 1.165) is 5.56 Å². The summed E-state index contributed by atoms with van der Waals surface area (Å²) in [5.41, 5.74) is 0.930. The van der Waals surface area contributed by atoms with E-state index in [-0.39, 0.29) is 23.8 Å². The summed E-state index contributed by atoms with van der Waals surface area (Å²) < 4.78 is 16.4. The SMILES string of the molecule is O=C(NC(c1ccc([N+](=O)[O-])cc1)[P+]1([O-])Oc2ccccc2O1)OCc1ccccc1. The zero-order valence-electron chi connectivity index (χ0n) is 16.0. The molecule has 10 heteroatoms. The molecule has 1 unspecified atom stereocenters. The highest BCUT2D eigenvalue weighted by Crippen LogP contribution is 2.68. The minimum atomic E-state index is -3.95. The van der Waals surface area contributed by atoms with Gasteiger partial charge in [-0.15, -0.1) is 0 Å². The highest BCUT2D eigenvalue weighted by Gasteiger charge is 2.51. The first-order valence-electron chi connectivity index (χ1n) is 9.24. The van der Waals surface area contributed by atoms with E-state index >= 15 is 0 Å². The van der Waals surface area contributed by atoms with Crippen molar-refractivity contribution >= 4 is 19.7 Å². The van der Waals surface area contributed by atoms with E-state index in [1.807, 2.05) is 18.2 Å². The van der Waals surface area contributed by atoms with E-state index in [0.29, 0.717) is 5.56 Å². The molecule has 1 aliphatic heterocycles. The first-order chi connectivity index (χ1) is 14.9. The fourth-order valence-electron chi connectivity index (χ4n) is 3.00. The molecule has 4 rings (SSSR count). The third-order valence-electron chi connectivity index (χ3n) is 4.50. The number of nitrogens with one attached hydrogen (secondary N) is 1. The molecule has 0 spiro atoms. The number of carbonyl (C=O) groups excluding carboxylic acids is 1. The minimum absolute atomic E-state index is 0.00585. The van der Waals surface area contributed by atoms with E-state index in [1.54, 1.807) is 36.4 Å². The van der Waals surface area contributed by atoms with E-state index in [4.69, 9.17) is 13.8 Å². The molecule has 158 valence electrons. The number of alkyl carbamates (subject to hydrolysis) is 1. The number of para-hydroxylation sites is 2. The second-order valence-electron chi connectivity index (χ2n) is 6.63. The van der Waals surface area contributed by atoms with Crippen LogP contribution in [0.4, 0.5) is 10.5 Å². The van der Waals surface area contributed by atoms with Crippen molar-refractivity contribution in [1.29, 1.82) is 0 Å². The number of rotatable bonds is 6. The number of benzene rings is 3. The summed E-state index contributed by atoms with van der Waals surface area (Å²) in [7, 11) is -3.95. The zero-order chi connectivity index (χ0) is 21.8. The van der Waals surface area contributed by atoms with Crippen LogP contribution in [0.15, 0.2) is 78.9 Å². The molecule has 0 bridgehead atoms. The Morgan fingerprint density at radius 2 is 1.55 bits per heavy atom. The predicted octanol–water partition coefficient (Wildman–Crippen LogP) is 4.11. The molecule has 1 amide bonds. The first kappa shape index (κ1) is 20.6. The standard InChI is InChI=1S/C21H17N2O7P/c24-21(28-14-15-6-2-1-3-7-15)22-20(16-10-12-17(13-11-16)23(25)26)31(27)29-18-8-4-5-9-19(18)30-31/h1-13,20H,14H2,(H,22,24). The van der Waals surface area contributed by atoms with Crippen molar-refractivity contribution in [1.82, 2.24) is 5.32 Å². The Hall–Kier alpha value is -3.68. The van der Waals surface area contributed by atoms with Crippen LogP contribution in [-0.2, 0) is 11.3 Å². The number of hydrogen-bond donors (Lipinski definition) is 1. The number of nitrogens with zero attached hydrogens (tertiary/aromatic N) is 1. The van der Waals surface area contributed by atoms with Gasteiger partial charge in [0.2, 0.25) is 17.3 Å². The third-order valence-corrected chi connectivity index (χ3v) is 6.47. The van der Waals surface area contributed by atoms with Gasteiger partial charge in [0, 0.05) is 17.7 Å². The van der Waals surface area contributed by atoms with Crippen LogP contribution in [0.1, 0.15) is 16.9 Å². The Morgan fingerprint density at radius 1 is 0.968 bits per heavy atom. The van der Waals surface area contributed by atoms with E-state index in [9.17, 15) is 19.8 Å². The molecule has 0 radical (unpaired) electrons. The Kier molecular flexibility index (Phi) is 5.70. The Balaban J connectivity index is 1.57. The fraction of sp³-hybridized carbons (Fsp3) is 0.0952. The maximum Gasteiger partial charge on any atom is 0.410 e. The Morgan fingerprint density at radius 3 is 2.13 bits per heavy atom. The minimum Gasteiger partial charge on any atom is -0.615 e. The molecular formula is C21H17N2O7P. The third kappa shape index (κ3) is 4.58. The molecular weight excluding hydrogens is 423 g/mol. The number of carbonyl (C=O) groups is 1. The van der Waals surface area contributed by atoms with Gasteiger partial charge in [0.05, 0.1) is 4.92 Å². The maximum atomic E-state index is 13.6. The van der Waals surface area contributed by atoms with Gasteiger partial charge in [-0.2, -0.15) is 0 Å². The van der Waals surface area contributed by atoms with Gasteiger partial charge in [-0.05, 0) is 29.8 Å². The van der Waals surface area contributed by atoms with Crippen LogP contribution < -0.4 is 19.3 Å². The molecule has 9 nitrogen and oxygen atoms in total. The van der Waals surface area contributed by atoms with Gasteiger partial charge in [0.1, 0.15) is 6.61 Å². The smallest absolute Gasteiger partial charge is 0.410 e. The monoisotopic (exact) mass is 440 g/mol. The van der Waals surface area contributed by atoms with Crippen LogP contribution in [0.3, 0.4) is 0 Å². The van der Waals surface area contributed by atoms with Gasteiger partial charge in [0.15, 0.2) is 0 Å². The van der Waals surface area contributed by atoms with Crippen molar-refractivity contribution in [3.8, 4) is 11.5 Å². The van der Waals surface area contributed by atoms with Gasteiger partial charge < -0.3 is 18.7 Å². The molecule has 1 atom stereocenters. The summed E-state index contributed by atoms with van der Waals surface area (Å²) in [5.74, 6) is -0.696. The van der Waals surface area contributed by atoms with Gasteiger partial charge in [-0.3, -0.25) is 15.4 Å². The van der Waals surface area contributed by atoms with Crippen molar-refractivity contribution < 1.29 is 28.4 Å². The molecule has 3 aromatic rings. The number of nitro groups is 1. The van der Waals surface area contributed by atoms with Crippen molar-refractivity contribution in [3.63, 3.8) is 0 Å². The summed E-state index contributed by atoms with van der Waals surface area (Å²) in [6, 6.07) is 20.9. The van der Waals surface area contributed by atoms with E-state index in [2.05, 4.69) is 5.32 Å². The second kappa shape index (κ2) is 8.59. The summed E-state index contributed by atoms with van der Waals surface area (Å²) in [5, 5.41) is 13.5. The lowest BCUT2D eigenvalue weighted by Crippen LogP contribution is -2.36. The van der Waals surface area contributed by atoms with E-state index in [1.165, 1.54) is 24.3 Å². The molecule has 31 heavy (non-hydrogen) atoms. The number of nitro benzene ring substituents is 1. The molecule has 3 aromatic carbocycles. The predicted molar refractivity (Wildman–Crippen MR) is 110 cm³/mol. The van der Waals surface area contributed by atoms with Crippen molar-refractivity contribution in [3.05, 3.63) is 100 Å². The molecule has 1 aliphatic rings. The van der Waals surface area contributed by atoms with Gasteiger partial charge >= 0.3 is 14.0 Å². The summed E-state index contributed by atoms with van der Waals surface area (Å²) in [6.45, 7) is 0.00585. The lowest BCUT2D eigenvalue weighted by atomic mass is 10.2. The van der Waals surface area contributed by atoms with Crippen LogP contribution in [-0.4, -0.2) is 11.0 Å². The zero-order valence-corrected chi connectivity index (χ0v) is 16.9. The maximum absolute atomic E-state index is 13.6. The lowest BCUT2D eigenvalue weighted by Gasteiger charge is -2.29. The van der Waals surface area contributed by atoms with Crippen molar-refractivity contribution in [2.45, 2.75) is 12.4 Å². The van der Waals surface area contributed by atoms with Crippen molar-refractivity contribution in [2.24, 2.45) is 0 Å². The summed E-state index contributed by atoms with van der Waals surface area (Å²) >= 11 is 0. The van der Waals surface area contributed by atoms with E-state index < -0.39 is 24.7 Å². The Bertz CT molecular complexity index is 1070. The van der Waals surface area contributed by atoms with Gasteiger partial charge in [0.25, 0.3) is 5.69 Å². The Labute approximate surface area is 177 Å². The molecule has 0 saturated carbocycles. The van der Waals surface area contributed by atoms with Crippen molar-refractivity contribution in [2.75, 3.05) is 0 Å². The lowest BCUT2D eigenvalue weighted by molar-refractivity contribution is -0.384. The number of ether oxygens (including phenoxy) is 1. The van der Waals surface area contributed by atoms with Crippen LogP contribution in [0.5, 0.6) is 11.5 Å². The molecule has 1 heterocycles. The number of amides is 1. The quantitative estimate of drug-likeness (QED) is 0.348. The molecule has 1 N–H and O–H groups in total. The second-order valence-corrected chi connectivity index (χ2v) is 8.59. The topological polar surface area (TPSA) is 123 Å². The van der Waals surface area contributed by atoms with Crippen LogP contribution in [0.2, 0.25) is 0 Å². The number of hydrogen-bond acceptors (Lipinski definition) is 7. The largest absolute Gasteiger partial charge is 0.615 e. The fourth-order valence-corrected chi connectivity index (χ4v) is 4.90. The highest BCUT2D eigenvalue weighted by molar-refractivity contribution is 7.60. The average Bonchev–Trinajstić information content (AvgIpc) is 3.14. The summed E-state index contributed by atoms with van der Waals surface area (Å²) in [4.78, 5) is 36.4. The van der Waals surface area contributed by atoms with Crippen LogP contribution >= 0.6 is 7.94 Å². The molecule has 0 saturated heterocycles. The van der Waals surface area contributed by atoms with Gasteiger partial charge in [-0.1, -0.05) is 42.5 Å². The molecule has 0 aromatic heterocycles. The van der Waals surface area contributed by atoms with Gasteiger partial charge in [-0.25, -0.2) is 4.79 Å². The average molecular weight is 440 g/mol.